The molecule has 0 nitrogen and oxygen atoms in total. The lowest BCUT2D eigenvalue weighted by Gasteiger charge is -2.27. The Morgan fingerprint density at radius 2 is 1.62 bits per heavy atom. The molecule has 0 amide bonds. The predicted octanol–water partition coefficient (Wildman–Crippen LogP) is 5.85. The van der Waals surface area contributed by atoms with Gasteiger partial charge in [-0.2, -0.15) is 0 Å². The number of benzene rings is 1. The molecule has 1 aromatic carbocycles. The standard InChI is InChI=1S/C21H22/c1-21(2)19-11-7-6-10-17(19)18-13-12-16(14-20(18)21)15-8-4-3-5-9-15/h3-5,7-9,11,14H,6,10,12-13H2,1-2H3. The molecule has 0 aromatic heterocycles. The first-order chi connectivity index (χ1) is 10.2. The molecule has 0 unspecified atom stereocenters. The third-order valence-electron chi connectivity index (χ3n) is 5.31. The largest absolute Gasteiger partial charge is 0.0839 e. The van der Waals surface area contributed by atoms with Crippen LogP contribution in [0.3, 0.4) is 0 Å². The fourth-order valence-electron chi connectivity index (χ4n) is 4.19. The van der Waals surface area contributed by atoms with Crippen LogP contribution in [0.15, 0.2) is 70.9 Å². The average molecular weight is 274 g/mol. The monoisotopic (exact) mass is 274 g/mol. The van der Waals surface area contributed by atoms with E-state index in [9.17, 15) is 0 Å². The van der Waals surface area contributed by atoms with Gasteiger partial charge in [-0.05, 0) is 59.1 Å². The first kappa shape index (κ1) is 12.9. The van der Waals surface area contributed by atoms with E-state index in [1.165, 1.54) is 36.8 Å². The summed E-state index contributed by atoms with van der Waals surface area (Å²) >= 11 is 0. The minimum Gasteiger partial charge on any atom is -0.0839 e. The van der Waals surface area contributed by atoms with Gasteiger partial charge >= 0.3 is 0 Å². The van der Waals surface area contributed by atoms with E-state index in [2.05, 4.69) is 62.4 Å². The van der Waals surface area contributed by atoms with Crippen LogP contribution < -0.4 is 0 Å². The molecule has 3 aliphatic carbocycles. The highest BCUT2D eigenvalue weighted by Gasteiger charge is 2.39. The number of rotatable bonds is 1. The van der Waals surface area contributed by atoms with Crippen LogP contribution in [0.1, 0.15) is 45.1 Å². The van der Waals surface area contributed by atoms with Crippen LogP contribution in [0.2, 0.25) is 0 Å². The van der Waals surface area contributed by atoms with Crippen LogP contribution >= 0.6 is 0 Å². The molecule has 0 aliphatic heterocycles. The zero-order chi connectivity index (χ0) is 14.4. The molecule has 0 fully saturated rings. The van der Waals surface area contributed by atoms with Crippen molar-refractivity contribution >= 4 is 5.57 Å². The molecule has 21 heavy (non-hydrogen) atoms. The van der Waals surface area contributed by atoms with Crippen molar-refractivity contribution in [1.82, 2.24) is 0 Å². The summed E-state index contributed by atoms with van der Waals surface area (Å²) in [6.45, 7) is 4.79. The second-order valence-corrected chi connectivity index (χ2v) is 6.89. The van der Waals surface area contributed by atoms with E-state index in [-0.39, 0.29) is 5.41 Å². The highest BCUT2D eigenvalue weighted by molar-refractivity contribution is 5.75. The summed E-state index contributed by atoms with van der Waals surface area (Å²) in [5, 5.41) is 0. The molecule has 0 saturated heterocycles. The van der Waals surface area contributed by atoms with Gasteiger partial charge in [0.15, 0.2) is 0 Å². The Labute approximate surface area is 127 Å². The SMILES string of the molecule is CC1(C)C2=C(CCC=C2)C2=C1C=C(c1ccccc1)CC2. The summed E-state index contributed by atoms with van der Waals surface area (Å²) < 4.78 is 0. The Morgan fingerprint density at radius 3 is 2.43 bits per heavy atom. The van der Waals surface area contributed by atoms with E-state index in [0.29, 0.717) is 0 Å². The average Bonchev–Trinajstić information content (AvgIpc) is 2.77. The molecule has 0 radical (unpaired) electrons. The van der Waals surface area contributed by atoms with Gasteiger partial charge in [0, 0.05) is 5.41 Å². The van der Waals surface area contributed by atoms with Crippen molar-refractivity contribution in [3.63, 3.8) is 0 Å². The number of hydrogen-bond acceptors (Lipinski definition) is 0. The van der Waals surface area contributed by atoms with Gasteiger partial charge in [0.2, 0.25) is 0 Å². The molecule has 0 spiro atoms. The molecule has 0 saturated carbocycles. The lowest BCUT2D eigenvalue weighted by Crippen LogP contribution is -2.14. The smallest absolute Gasteiger partial charge is 0.0152 e. The Balaban J connectivity index is 1.81. The van der Waals surface area contributed by atoms with E-state index in [1.54, 1.807) is 22.3 Å². The molecule has 106 valence electrons. The normalized spacial score (nSPS) is 23.0. The van der Waals surface area contributed by atoms with Crippen molar-refractivity contribution < 1.29 is 0 Å². The fraction of sp³-hybridized carbons (Fsp3) is 0.333. The van der Waals surface area contributed by atoms with E-state index in [0.717, 1.165) is 0 Å². The third-order valence-corrected chi connectivity index (χ3v) is 5.31. The van der Waals surface area contributed by atoms with Gasteiger partial charge in [0.1, 0.15) is 0 Å². The molecule has 1 aromatic rings. The molecule has 4 rings (SSSR count). The van der Waals surface area contributed by atoms with Gasteiger partial charge in [-0.25, -0.2) is 0 Å². The summed E-state index contributed by atoms with van der Waals surface area (Å²) in [4.78, 5) is 0. The summed E-state index contributed by atoms with van der Waals surface area (Å²) in [6.07, 6.45) is 12.1. The van der Waals surface area contributed by atoms with Crippen LogP contribution in [0, 0.1) is 5.41 Å². The Hall–Kier alpha value is -1.82. The van der Waals surface area contributed by atoms with E-state index < -0.39 is 0 Å². The van der Waals surface area contributed by atoms with Gasteiger partial charge in [-0.1, -0.05) is 62.4 Å². The lowest BCUT2D eigenvalue weighted by atomic mass is 9.76. The van der Waals surface area contributed by atoms with Gasteiger partial charge in [-0.15, -0.1) is 0 Å². The third kappa shape index (κ3) is 1.89. The molecule has 3 aliphatic rings. The number of allylic oxidation sites excluding steroid dienone is 8. The molecule has 0 bridgehead atoms. The van der Waals surface area contributed by atoms with Crippen LogP contribution in [0.25, 0.3) is 5.57 Å². The Kier molecular flexibility index (Phi) is 2.82. The first-order valence-electron chi connectivity index (χ1n) is 8.08. The predicted molar refractivity (Wildman–Crippen MR) is 89.9 cm³/mol. The molecule has 0 atom stereocenters. The van der Waals surface area contributed by atoms with Crippen molar-refractivity contribution in [2.24, 2.45) is 5.41 Å². The topological polar surface area (TPSA) is 0 Å². The maximum absolute atomic E-state index is 2.49. The van der Waals surface area contributed by atoms with Crippen LogP contribution in [0.4, 0.5) is 0 Å². The van der Waals surface area contributed by atoms with E-state index >= 15 is 0 Å². The fourth-order valence-corrected chi connectivity index (χ4v) is 4.19. The van der Waals surface area contributed by atoms with Gasteiger partial charge in [-0.3, -0.25) is 0 Å². The summed E-state index contributed by atoms with van der Waals surface area (Å²) in [5.41, 5.74) is 9.53. The quantitative estimate of drug-likeness (QED) is 0.603. The summed E-state index contributed by atoms with van der Waals surface area (Å²) in [5.74, 6) is 0. The summed E-state index contributed by atoms with van der Waals surface area (Å²) in [7, 11) is 0. The van der Waals surface area contributed by atoms with Gasteiger partial charge in [0.05, 0.1) is 0 Å². The zero-order valence-corrected chi connectivity index (χ0v) is 12.9. The van der Waals surface area contributed by atoms with Gasteiger partial charge in [0.25, 0.3) is 0 Å². The van der Waals surface area contributed by atoms with Gasteiger partial charge < -0.3 is 0 Å². The second kappa shape index (κ2) is 4.59. The minimum absolute atomic E-state index is 0.183. The maximum atomic E-state index is 2.49. The van der Waals surface area contributed by atoms with Crippen molar-refractivity contribution in [3.05, 3.63) is 76.4 Å². The minimum atomic E-state index is 0.183. The van der Waals surface area contributed by atoms with Crippen molar-refractivity contribution in [2.75, 3.05) is 0 Å². The molecule has 0 N–H and O–H groups in total. The zero-order valence-electron chi connectivity index (χ0n) is 12.9. The van der Waals surface area contributed by atoms with E-state index in [1.807, 2.05) is 0 Å². The molecular formula is C21H22. The van der Waals surface area contributed by atoms with Crippen molar-refractivity contribution in [2.45, 2.75) is 39.5 Å². The Bertz CT molecular complexity index is 706. The van der Waals surface area contributed by atoms with Crippen LogP contribution in [0.5, 0.6) is 0 Å². The Morgan fingerprint density at radius 1 is 0.857 bits per heavy atom. The second-order valence-electron chi connectivity index (χ2n) is 6.89. The highest BCUT2D eigenvalue weighted by atomic mass is 14.4. The maximum Gasteiger partial charge on any atom is 0.0152 e. The molecule has 0 heterocycles. The summed E-state index contributed by atoms with van der Waals surface area (Å²) in [6, 6.07) is 10.9. The number of hydrogen-bond donors (Lipinski definition) is 0. The van der Waals surface area contributed by atoms with Crippen LogP contribution in [-0.4, -0.2) is 0 Å². The van der Waals surface area contributed by atoms with E-state index in [4.69, 9.17) is 0 Å². The molecular weight excluding hydrogens is 252 g/mol. The highest BCUT2D eigenvalue weighted by Crippen LogP contribution is 2.54. The number of fused-ring (bicyclic) bond motifs is 1. The lowest BCUT2D eigenvalue weighted by molar-refractivity contribution is 0.569. The first-order valence-corrected chi connectivity index (χ1v) is 8.08. The van der Waals surface area contributed by atoms with Crippen LogP contribution in [-0.2, 0) is 0 Å². The van der Waals surface area contributed by atoms with Crippen molar-refractivity contribution in [1.29, 1.82) is 0 Å². The molecule has 0 heteroatoms. The van der Waals surface area contributed by atoms with Crippen molar-refractivity contribution in [3.8, 4) is 0 Å².